The summed E-state index contributed by atoms with van der Waals surface area (Å²) in [6.07, 6.45) is 21.2. The van der Waals surface area contributed by atoms with Crippen molar-refractivity contribution in [3.63, 3.8) is 0 Å². The predicted octanol–water partition coefficient (Wildman–Crippen LogP) is 10.6. The van der Waals surface area contributed by atoms with E-state index in [2.05, 4.69) is 6.92 Å². The molecule has 0 radical (unpaired) electrons. The second kappa shape index (κ2) is 23.7. The van der Waals surface area contributed by atoms with Crippen LogP contribution in [0, 0.1) is 0 Å². The van der Waals surface area contributed by atoms with E-state index in [1.807, 2.05) is 12.1 Å². The highest BCUT2D eigenvalue weighted by Gasteiger charge is 2.32. The molecule has 232 valence electrons. The highest BCUT2D eigenvalue weighted by atomic mass is 31.2. The number of ether oxygens (including phenoxy) is 2. The lowest BCUT2D eigenvalue weighted by Gasteiger charge is -2.22. The monoisotopic (exact) mass is 590 g/mol. The summed E-state index contributed by atoms with van der Waals surface area (Å²) >= 11 is 0. The average molecular weight is 591 g/mol. The minimum Gasteiger partial charge on any atom is -0.395 e. The molecule has 0 aliphatic carbocycles. The molecule has 1 atom stereocenters. The van der Waals surface area contributed by atoms with Gasteiger partial charge in [-0.25, -0.2) is 4.57 Å². The molecule has 0 bridgehead atoms. The van der Waals surface area contributed by atoms with E-state index in [1.165, 1.54) is 96.3 Å². The van der Waals surface area contributed by atoms with Crippen LogP contribution in [-0.2, 0) is 18.6 Å². The highest BCUT2D eigenvalue weighted by Crippen LogP contribution is 2.49. The molecule has 0 aromatic heterocycles. The smallest absolute Gasteiger partial charge is 0.395 e. The molecule has 0 spiro atoms. The molecule has 0 aliphatic rings. The van der Waals surface area contributed by atoms with Gasteiger partial charge in [-0.2, -0.15) is 0 Å². The summed E-state index contributed by atoms with van der Waals surface area (Å²) in [7, 11) is -2.35. The van der Waals surface area contributed by atoms with Crippen LogP contribution in [-0.4, -0.2) is 33.0 Å². The molecule has 6 nitrogen and oxygen atoms in total. The third kappa shape index (κ3) is 18.3. The number of methoxy groups -OCH3 is 1. The summed E-state index contributed by atoms with van der Waals surface area (Å²) in [6, 6.07) is 17.7. The molecule has 0 heterocycles. The van der Waals surface area contributed by atoms with Gasteiger partial charge in [-0.1, -0.05) is 140 Å². The second-order valence-corrected chi connectivity index (χ2v) is 12.3. The lowest BCUT2D eigenvalue weighted by atomic mass is 10.0. The Hall–Kier alpha value is -1.85. The number of para-hydroxylation sites is 2. The zero-order chi connectivity index (χ0) is 29.3. The van der Waals surface area contributed by atoms with Gasteiger partial charge in [-0.05, 0) is 30.7 Å². The van der Waals surface area contributed by atoms with E-state index in [-0.39, 0.29) is 12.7 Å². The van der Waals surface area contributed by atoms with Crippen molar-refractivity contribution < 1.29 is 27.6 Å². The average Bonchev–Trinajstić information content (AvgIpc) is 2.99. The molecule has 2 rings (SSSR count). The Morgan fingerprint density at radius 1 is 0.585 bits per heavy atom. The van der Waals surface area contributed by atoms with E-state index in [0.29, 0.717) is 24.7 Å². The number of hydrogen-bond acceptors (Lipinski definition) is 6. The van der Waals surface area contributed by atoms with Crippen molar-refractivity contribution in [1.29, 1.82) is 0 Å². The van der Waals surface area contributed by atoms with E-state index >= 15 is 0 Å². The van der Waals surface area contributed by atoms with Crippen LogP contribution in [0.1, 0.15) is 110 Å². The molecule has 2 aromatic carbocycles. The maximum Gasteiger partial charge on any atom is 0.587 e. The first kappa shape index (κ1) is 35.3. The number of phosphoric ester groups is 1. The third-order valence-corrected chi connectivity index (χ3v) is 8.45. The van der Waals surface area contributed by atoms with Gasteiger partial charge < -0.3 is 18.5 Å². The van der Waals surface area contributed by atoms with Crippen LogP contribution in [0.25, 0.3) is 0 Å². The van der Waals surface area contributed by atoms with Gasteiger partial charge in [0.25, 0.3) is 0 Å². The normalized spacial score (nSPS) is 12.3. The quantitative estimate of drug-likeness (QED) is 0.0762. The van der Waals surface area contributed by atoms with E-state index in [1.54, 1.807) is 55.6 Å². The first-order valence-corrected chi connectivity index (χ1v) is 17.5. The molecule has 7 heteroatoms. The number of rotatable bonds is 27. The van der Waals surface area contributed by atoms with Gasteiger partial charge >= 0.3 is 7.82 Å². The fourth-order valence-corrected chi connectivity index (χ4v) is 5.87. The number of unbranched alkanes of at least 4 members (excludes halogenated alkanes) is 15. The first-order chi connectivity index (χ1) is 20.1. The first-order valence-electron chi connectivity index (χ1n) is 16.0. The van der Waals surface area contributed by atoms with Crippen molar-refractivity contribution in [2.24, 2.45) is 0 Å². The maximum absolute atomic E-state index is 13.5. The molecular weight excluding hydrogens is 535 g/mol. The van der Waals surface area contributed by atoms with Gasteiger partial charge in [-0.15, -0.1) is 0 Å². The lowest BCUT2D eigenvalue weighted by molar-refractivity contribution is -0.0192. The summed E-state index contributed by atoms with van der Waals surface area (Å²) in [5.74, 6) is 0.806. The molecule has 0 N–H and O–H groups in total. The van der Waals surface area contributed by atoms with Gasteiger partial charge in [0, 0.05) is 13.7 Å². The molecule has 0 amide bonds. The van der Waals surface area contributed by atoms with E-state index < -0.39 is 7.82 Å². The van der Waals surface area contributed by atoms with Gasteiger partial charge in [0.2, 0.25) is 0 Å². The van der Waals surface area contributed by atoms with Gasteiger partial charge in [0.15, 0.2) is 0 Å². The minimum atomic E-state index is -3.94. The molecule has 0 saturated carbocycles. The van der Waals surface area contributed by atoms with E-state index in [9.17, 15) is 4.57 Å². The van der Waals surface area contributed by atoms with Gasteiger partial charge in [0.1, 0.15) is 17.6 Å². The Bertz CT molecular complexity index is 849. The third-order valence-electron chi connectivity index (χ3n) is 7.12. The van der Waals surface area contributed by atoms with Gasteiger partial charge in [-0.3, -0.25) is 4.52 Å². The van der Waals surface area contributed by atoms with Crippen LogP contribution in [0.4, 0.5) is 0 Å². The molecule has 41 heavy (non-hydrogen) atoms. The molecule has 0 unspecified atom stereocenters. The van der Waals surface area contributed by atoms with Crippen LogP contribution < -0.4 is 9.05 Å². The van der Waals surface area contributed by atoms with Gasteiger partial charge in [0.05, 0.1) is 13.2 Å². The largest absolute Gasteiger partial charge is 0.587 e. The topological polar surface area (TPSA) is 63.2 Å². The van der Waals surface area contributed by atoms with Crippen LogP contribution in [0.2, 0.25) is 0 Å². The zero-order valence-corrected chi connectivity index (χ0v) is 26.6. The maximum atomic E-state index is 13.5. The minimum absolute atomic E-state index is 0.0202. The standard InChI is InChI=1S/C34H55O6P/c1-3-4-5-6-7-8-9-10-11-12-13-14-15-16-17-24-29-37-30-34(36-2)31-38-41(35,39-32-25-20-18-21-26-32)40-33-27-22-19-23-28-33/h18-23,25-28,34H,3-17,24,29-31H2,1-2H3/t34-/m1/s1. The van der Waals surface area contributed by atoms with Crippen molar-refractivity contribution in [3.05, 3.63) is 60.7 Å². The molecule has 0 fully saturated rings. The Kier molecular flexibility index (Phi) is 20.4. The summed E-state index contributed by atoms with van der Waals surface area (Å²) in [4.78, 5) is 0. The van der Waals surface area contributed by atoms with Crippen molar-refractivity contribution in [2.75, 3.05) is 26.9 Å². The Morgan fingerprint density at radius 2 is 1.00 bits per heavy atom. The fourth-order valence-electron chi connectivity index (χ4n) is 4.62. The summed E-state index contributed by atoms with van der Waals surface area (Å²) in [6.45, 7) is 3.33. The summed E-state index contributed by atoms with van der Waals surface area (Å²) < 4.78 is 41.8. The number of phosphoric acid groups is 1. The van der Waals surface area contributed by atoms with Crippen LogP contribution >= 0.6 is 7.82 Å². The summed E-state index contributed by atoms with van der Waals surface area (Å²) in [5, 5.41) is 0. The van der Waals surface area contributed by atoms with Crippen molar-refractivity contribution >= 4 is 7.82 Å². The van der Waals surface area contributed by atoms with Crippen LogP contribution in [0.5, 0.6) is 11.5 Å². The number of benzene rings is 2. The highest BCUT2D eigenvalue weighted by molar-refractivity contribution is 7.49. The summed E-state index contributed by atoms with van der Waals surface area (Å²) in [5.41, 5.74) is 0. The Balaban J connectivity index is 1.51. The van der Waals surface area contributed by atoms with Crippen LogP contribution in [0.3, 0.4) is 0 Å². The van der Waals surface area contributed by atoms with E-state index in [0.717, 1.165) is 6.42 Å². The van der Waals surface area contributed by atoms with Crippen LogP contribution in [0.15, 0.2) is 60.7 Å². The zero-order valence-electron chi connectivity index (χ0n) is 25.7. The van der Waals surface area contributed by atoms with E-state index in [4.69, 9.17) is 23.0 Å². The molecule has 2 aromatic rings. The number of hydrogen-bond donors (Lipinski definition) is 0. The molecule has 0 saturated heterocycles. The lowest BCUT2D eigenvalue weighted by Crippen LogP contribution is -2.25. The molecular formula is C34H55O6P. The predicted molar refractivity (Wildman–Crippen MR) is 169 cm³/mol. The van der Waals surface area contributed by atoms with Crippen molar-refractivity contribution in [3.8, 4) is 11.5 Å². The second-order valence-electron chi connectivity index (χ2n) is 10.8. The van der Waals surface area contributed by atoms with Crippen molar-refractivity contribution in [2.45, 2.75) is 116 Å². The fraction of sp³-hybridized carbons (Fsp3) is 0.647. The SMILES string of the molecule is CCCCCCCCCCCCCCCCCCOC[C@H](COP(=O)(Oc1ccccc1)Oc1ccccc1)OC. The van der Waals surface area contributed by atoms with Crippen molar-refractivity contribution in [1.82, 2.24) is 0 Å². The Morgan fingerprint density at radius 3 is 1.41 bits per heavy atom. The molecule has 0 aliphatic heterocycles. The Labute approximate surface area is 250 Å².